The first-order valence-corrected chi connectivity index (χ1v) is 12.4. The molecule has 0 saturated carbocycles. The van der Waals surface area contributed by atoms with E-state index < -0.39 is 11.5 Å². The Morgan fingerprint density at radius 1 is 1.08 bits per heavy atom. The Hall–Kier alpha value is -3.51. The number of hydrogen-bond donors (Lipinski definition) is 3. The van der Waals surface area contributed by atoms with E-state index in [4.69, 9.17) is 10.1 Å². The van der Waals surface area contributed by atoms with Crippen LogP contribution in [0.4, 0.5) is 15.8 Å². The third kappa shape index (κ3) is 7.25. The monoisotopic (exact) mass is 490 g/mol. The van der Waals surface area contributed by atoms with E-state index in [1.54, 1.807) is 12.1 Å². The second-order valence-electron chi connectivity index (χ2n) is 10.2. The summed E-state index contributed by atoms with van der Waals surface area (Å²) in [7, 11) is 0. The van der Waals surface area contributed by atoms with Crippen LogP contribution in [0.3, 0.4) is 0 Å². The van der Waals surface area contributed by atoms with Crippen molar-refractivity contribution in [2.75, 3.05) is 0 Å². The van der Waals surface area contributed by atoms with Crippen LogP contribution in [-0.4, -0.2) is 18.2 Å². The summed E-state index contributed by atoms with van der Waals surface area (Å²) >= 11 is 0. The number of amides is 1. The first-order valence-electron chi connectivity index (χ1n) is 12.4. The normalized spacial score (nSPS) is 13.1. The molecule has 0 aliphatic rings. The van der Waals surface area contributed by atoms with Gasteiger partial charge in [0.05, 0.1) is 11.6 Å². The van der Waals surface area contributed by atoms with Gasteiger partial charge in [0, 0.05) is 29.8 Å². The Labute approximate surface area is 213 Å². The third-order valence-corrected chi connectivity index (χ3v) is 6.01. The second kappa shape index (κ2) is 12.0. The molecule has 3 aromatic carbocycles. The molecule has 2 unspecified atom stereocenters. The van der Waals surface area contributed by atoms with Gasteiger partial charge in [-0.3, -0.25) is 10.1 Å². The summed E-state index contributed by atoms with van der Waals surface area (Å²) in [5, 5.41) is 12.9. The molecule has 3 aromatic rings. The number of aryl methyl sites for hydroxylation is 1. The summed E-state index contributed by atoms with van der Waals surface area (Å²) in [5.74, 6) is 0.268. The second-order valence-corrected chi connectivity index (χ2v) is 10.2. The maximum Gasteiger partial charge on any atom is 0.225 e. The summed E-state index contributed by atoms with van der Waals surface area (Å²) in [4.78, 5) is 12.7. The van der Waals surface area contributed by atoms with Gasteiger partial charge in [0.15, 0.2) is 0 Å². The van der Waals surface area contributed by atoms with E-state index in [1.165, 1.54) is 23.9 Å². The van der Waals surface area contributed by atoms with Crippen molar-refractivity contribution in [3.63, 3.8) is 0 Å². The topological polar surface area (TPSA) is 78.8 Å². The number of hydrogen-bond acceptors (Lipinski definition) is 3. The van der Waals surface area contributed by atoms with Crippen LogP contribution in [0.1, 0.15) is 63.8 Å². The fourth-order valence-electron chi connectivity index (χ4n) is 3.89. The first kappa shape index (κ1) is 27.1. The summed E-state index contributed by atoms with van der Waals surface area (Å²) < 4.78 is 19.7. The number of nitrogens with one attached hydrogen (secondary N) is 2. The highest BCUT2D eigenvalue weighted by Gasteiger charge is 2.28. The van der Waals surface area contributed by atoms with Crippen molar-refractivity contribution in [2.24, 2.45) is 5.41 Å². The van der Waals surface area contributed by atoms with E-state index in [1.807, 2.05) is 51.2 Å². The number of rotatable bonds is 10. The highest BCUT2D eigenvalue weighted by Crippen LogP contribution is 2.28. The molecule has 2 atom stereocenters. The van der Waals surface area contributed by atoms with Crippen molar-refractivity contribution in [1.82, 2.24) is 5.32 Å². The van der Waals surface area contributed by atoms with Gasteiger partial charge in [-0.15, -0.1) is 0 Å². The van der Waals surface area contributed by atoms with Crippen molar-refractivity contribution >= 4 is 23.5 Å². The van der Waals surface area contributed by atoms with E-state index in [9.17, 15) is 9.18 Å². The Morgan fingerprint density at radius 2 is 1.75 bits per heavy atom. The third-order valence-electron chi connectivity index (χ3n) is 6.01. The van der Waals surface area contributed by atoms with Crippen molar-refractivity contribution < 1.29 is 19.2 Å². The van der Waals surface area contributed by atoms with Crippen LogP contribution in [0.5, 0.6) is 5.75 Å². The summed E-state index contributed by atoms with van der Waals surface area (Å²) in [6, 6.07) is 19.8. The lowest BCUT2D eigenvalue weighted by Crippen LogP contribution is -2.71. The maximum absolute atomic E-state index is 13.3. The van der Waals surface area contributed by atoms with E-state index >= 15 is 0 Å². The number of benzene rings is 3. The molecule has 0 aromatic heterocycles. The molecule has 0 spiro atoms. The van der Waals surface area contributed by atoms with Gasteiger partial charge >= 0.3 is 0 Å². The minimum atomic E-state index is -0.519. The minimum absolute atomic E-state index is 0.0457. The Balaban J connectivity index is 1.88. The summed E-state index contributed by atoms with van der Waals surface area (Å²) in [6.07, 6.45) is 2.95. The average Bonchev–Trinajstić information content (AvgIpc) is 2.84. The van der Waals surface area contributed by atoms with Crippen LogP contribution < -0.4 is 15.4 Å². The highest BCUT2D eigenvalue weighted by molar-refractivity contribution is 5.84. The largest absolute Gasteiger partial charge is 0.484 e. The number of carbonyl (C=O) groups excluding carboxylic acids is 1. The number of ether oxygens (including phenoxy) is 1. The molecular weight excluding hydrogens is 453 g/mol. The molecule has 5 nitrogen and oxygen atoms in total. The van der Waals surface area contributed by atoms with Gasteiger partial charge in [0.2, 0.25) is 5.91 Å². The van der Waals surface area contributed by atoms with Gasteiger partial charge in [0.25, 0.3) is 0 Å². The molecule has 36 heavy (non-hydrogen) atoms. The average molecular weight is 491 g/mol. The molecule has 0 radical (unpaired) electrons. The number of nitrogens with two attached hydrogens (primary N) is 1. The number of halogens is 1. The van der Waals surface area contributed by atoms with Crippen LogP contribution in [0, 0.1) is 16.6 Å². The molecule has 3 rings (SSSR count). The SMILES string of the molecule is CCCc1ccc(C(Oc2ccc([NH2+]c3ccc(F)cc3)c(C=N)c2)C(C)NC(=O)C(C)(C)C)cc1. The van der Waals surface area contributed by atoms with E-state index in [2.05, 4.69) is 36.5 Å². The molecule has 0 fully saturated rings. The van der Waals surface area contributed by atoms with Gasteiger partial charge in [0.1, 0.15) is 29.0 Å². The van der Waals surface area contributed by atoms with E-state index in [0.29, 0.717) is 11.3 Å². The summed E-state index contributed by atoms with van der Waals surface area (Å²) in [5.41, 5.74) is 4.07. The van der Waals surface area contributed by atoms with Gasteiger partial charge in [-0.2, -0.15) is 0 Å². The summed E-state index contributed by atoms with van der Waals surface area (Å²) in [6.45, 7) is 9.76. The van der Waals surface area contributed by atoms with Crippen molar-refractivity contribution in [2.45, 2.75) is 59.6 Å². The predicted molar refractivity (Wildman–Crippen MR) is 143 cm³/mol. The lowest BCUT2D eigenvalue weighted by atomic mass is 9.94. The fraction of sp³-hybridized carbons (Fsp3) is 0.333. The van der Waals surface area contributed by atoms with Crippen molar-refractivity contribution in [3.05, 3.63) is 89.2 Å². The van der Waals surface area contributed by atoms with Gasteiger partial charge < -0.3 is 15.5 Å². The lowest BCUT2D eigenvalue weighted by Gasteiger charge is -2.29. The maximum atomic E-state index is 13.3. The molecule has 190 valence electrons. The van der Waals surface area contributed by atoms with Gasteiger partial charge in [-0.1, -0.05) is 58.4 Å². The number of quaternary nitrogens is 1. The molecule has 1 amide bonds. The Kier molecular flexibility index (Phi) is 8.99. The molecule has 6 heteroatoms. The molecule has 0 aliphatic carbocycles. The molecular formula is C30H37FN3O2+. The fourth-order valence-corrected chi connectivity index (χ4v) is 3.89. The zero-order chi connectivity index (χ0) is 26.3. The minimum Gasteiger partial charge on any atom is -0.484 e. The molecule has 4 N–H and O–H groups in total. The van der Waals surface area contributed by atoms with Crippen LogP contribution >= 0.6 is 0 Å². The lowest BCUT2D eigenvalue weighted by molar-refractivity contribution is -0.478. The molecule has 0 bridgehead atoms. The zero-order valence-corrected chi connectivity index (χ0v) is 21.8. The number of carbonyl (C=O) groups is 1. The van der Waals surface area contributed by atoms with E-state index in [-0.39, 0.29) is 17.8 Å². The predicted octanol–water partition coefficient (Wildman–Crippen LogP) is 5.97. The first-order chi connectivity index (χ1) is 17.1. The van der Waals surface area contributed by atoms with Crippen LogP contribution in [0.2, 0.25) is 0 Å². The van der Waals surface area contributed by atoms with Crippen LogP contribution in [-0.2, 0) is 11.2 Å². The smallest absolute Gasteiger partial charge is 0.225 e. The van der Waals surface area contributed by atoms with Crippen molar-refractivity contribution in [1.29, 1.82) is 5.41 Å². The van der Waals surface area contributed by atoms with Crippen LogP contribution in [0.15, 0.2) is 66.7 Å². The quantitative estimate of drug-likeness (QED) is 0.242. The van der Waals surface area contributed by atoms with Gasteiger partial charge in [-0.25, -0.2) is 4.39 Å². The molecule has 0 aliphatic heterocycles. The molecule has 0 saturated heterocycles. The van der Waals surface area contributed by atoms with E-state index in [0.717, 1.165) is 29.8 Å². The van der Waals surface area contributed by atoms with Crippen molar-refractivity contribution in [3.8, 4) is 5.75 Å². The molecule has 0 heterocycles. The standard InChI is InChI=1S/C30H36FN3O2/c1-6-7-21-8-10-22(11-9-21)28(20(2)33-29(35)30(3,4)5)36-26-16-17-27(23(18-26)19-32)34-25-14-12-24(31)13-15-25/h8-20,28,32,34H,6-7H2,1-5H3,(H,33,35)/p+1. The Bertz CT molecular complexity index is 1170. The highest BCUT2D eigenvalue weighted by atomic mass is 19.1. The van der Waals surface area contributed by atoms with Crippen LogP contribution in [0.25, 0.3) is 0 Å². The van der Waals surface area contributed by atoms with Gasteiger partial charge in [-0.05, 0) is 48.7 Å². The zero-order valence-electron chi connectivity index (χ0n) is 21.8. The Morgan fingerprint density at radius 3 is 2.33 bits per heavy atom.